The van der Waals surface area contributed by atoms with Gasteiger partial charge in [-0.05, 0) is 24.6 Å². The monoisotopic (exact) mass is 304 g/mol. The minimum absolute atomic E-state index is 0.116. The molecule has 0 aliphatic carbocycles. The van der Waals surface area contributed by atoms with E-state index in [1.54, 1.807) is 0 Å². The summed E-state index contributed by atoms with van der Waals surface area (Å²) < 4.78 is 10.2. The highest BCUT2D eigenvalue weighted by Crippen LogP contribution is 2.32. The van der Waals surface area contributed by atoms with E-state index in [0.717, 1.165) is 25.1 Å². The van der Waals surface area contributed by atoms with E-state index in [0.29, 0.717) is 10.9 Å². The Balaban J connectivity index is 2.47. The molecule has 2 aromatic rings. The summed E-state index contributed by atoms with van der Waals surface area (Å²) in [6.45, 7) is 4.24. The first-order chi connectivity index (χ1) is 10.6. The molecule has 0 bridgehead atoms. The largest absolute Gasteiger partial charge is 0.492 e. The lowest BCUT2D eigenvalue weighted by atomic mass is 10.1. The molecule has 6 nitrogen and oxygen atoms in total. The van der Waals surface area contributed by atoms with Gasteiger partial charge in [-0.25, -0.2) is 0 Å². The first-order valence-corrected chi connectivity index (χ1v) is 7.23. The molecule has 0 amide bonds. The molecule has 0 aliphatic rings. The van der Waals surface area contributed by atoms with Gasteiger partial charge in [0.1, 0.15) is 0 Å². The van der Waals surface area contributed by atoms with Gasteiger partial charge < -0.3 is 19.8 Å². The number of hydrogen-bond donors (Lipinski definition) is 2. The van der Waals surface area contributed by atoms with Gasteiger partial charge in [-0.3, -0.25) is 9.59 Å². The molecule has 1 aromatic heterocycles. The number of hydrogen-bond acceptors (Lipinski definition) is 5. The van der Waals surface area contributed by atoms with Crippen molar-refractivity contribution < 1.29 is 14.3 Å². The Bertz CT molecular complexity index is 737. The fourth-order valence-electron chi connectivity index (χ4n) is 2.21. The number of pyridine rings is 1. The molecule has 0 saturated carbocycles. The van der Waals surface area contributed by atoms with Crippen molar-refractivity contribution in [2.24, 2.45) is 0 Å². The molecule has 0 radical (unpaired) electrons. The van der Waals surface area contributed by atoms with Gasteiger partial charge >= 0.3 is 5.97 Å². The van der Waals surface area contributed by atoms with Crippen molar-refractivity contribution in [2.75, 3.05) is 19.0 Å². The number of fused-ring (bicyclic) bond motifs is 1. The van der Waals surface area contributed by atoms with Gasteiger partial charge in [-0.2, -0.15) is 0 Å². The smallest absolute Gasteiger partial charge is 0.308 e. The molecule has 1 heterocycles. The number of esters is 1. The van der Waals surface area contributed by atoms with Crippen molar-refractivity contribution in [3.63, 3.8) is 0 Å². The molecule has 2 rings (SSSR count). The van der Waals surface area contributed by atoms with Gasteiger partial charge in [-0.15, -0.1) is 0 Å². The van der Waals surface area contributed by atoms with Crippen LogP contribution in [0, 0.1) is 0 Å². The molecule has 0 atom stereocenters. The number of rotatable bonds is 6. The van der Waals surface area contributed by atoms with Crippen LogP contribution in [0.1, 0.15) is 26.7 Å². The van der Waals surface area contributed by atoms with E-state index in [2.05, 4.69) is 17.2 Å². The number of unbranched alkanes of at least 4 members (excludes halogenated alkanes) is 1. The van der Waals surface area contributed by atoms with E-state index < -0.39 is 11.5 Å². The first-order valence-electron chi connectivity index (χ1n) is 7.23. The SMILES string of the molecule is CCCCNc1ccc2c(OC)c(OC(C)=O)c(=O)[nH]c2c1. The van der Waals surface area contributed by atoms with Crippen molar-refractivity contribution >= 4 is 22.6 Å². The van der Waals surface area contributed by atoms with Gasteiger partial charge in [-0.1, -0.05) is 13.3 Å². The summed E-state index contributed by atoms with van der Waals surface area (Å²) in [5, 5.41) is 3.97. The van der Waals surface area contributed by atoms with Crippen molar-refractivity contribution in [2.45, 2.75) is 26.7 Å². The van der Waals surface area contributed by atoms with Crippen LogP contribution < -0.4 is 20.3 Å². The Hall–Kier alpha value is -2.50. The molecule has 0 spiro atoms. The molecule has 0 unspecified atom stereocenters. The number of ether oxygens (including phenoxy) is 2. The number of nitrogens with one attached hydrogen (secondary N) is 2. The predicted octanol–water partition coefficient (Wildman–Crippen LogP) is 2.67. The molecule has 1 aromatic carbocycles. The van der Waals surface area contributed by atoms with E-state index in [-0.39, 0.29) is 11.5 Å². The van der Waals surface area contributed by atoms with Crippen LogP contribution in [0.25, 0.3) is 10.9 Å². The molecule has 22 heavy (non-hydrogen) atoms. The van der Waals surface area contributed by atoms with Gasteiger partial charge in [0.05, 0.1) is 12.6 Å². The Morgan fingerprint density at radius 3 is 2.73 bits per heavy atom. The van der Waals surface area contributed by atoms with Crippen LogP contribution >= 0.6 is 0 Å². The first kappa shape index (κ1) is 15.9. The maximum Gasteiger partial charge on any atom is 0.308 e. The highest BCUT2D eigenvalue weighted by Gasteiger charge is 2.16. The number of aromatic nitrogens is 1. The second-order valence-electron chi connectivity index (χ2n) is 4.95. The van der Waals surface area contributed by atoms with Crippen molar-refractivity contribution in [1.82, 2.24) is 4.98 Å². The van der Waals surface area contributed by atoms with Crippen molar-refractivity contribution in [1.29, 1.82) is 0 Å². The van der Waals surface area contributed by atoms with E-state index in [9.17, 15) is 9.59 Å². The predicted molar refractivity (Wildman–Crippen MR) is 85.8 cm³/mol. The number of anilines is 1. The summed E-state index contributed by atoms with van der Waals surface area (Å²) in [4.78, 5) is 25.9. The molecule has 6 heteroatoms. The minimum Gasteiger partial charge on any atom is -0.492 e. The van der Waals surface area contributed by atoms with Crippen molar-refractivity contribution in [3.05, 3.63) is 28.6 Å². The van der Waals surface area contributed by atoms with Crippen LogP contribution in [0.15, 0.2) is 23.0 Å². The van der Waals surface area contributed by atoms with E-state index >= 15 is 0 Å². The van der Waals surface area contributed by atoms with Crippen molar-refractivity contribution in [3.8, 4) is 11.5 Å². The molecule has 2 N–H and O–H groups in total. The molecule has 0 fully saturated rings. The topological polar surface area (TPSA) is 80.4 Å². The minimum atomic E-state index is -0.569. The summed E-state index contributed by atoms with van der Waals surface area (Å²) in [6.07, 6.45) is 2.18. The zero-order valence-corrected chi connectivity index (χ0v) is 13.0. The molecular formula is C16H20N2O4. The summed E-state index contributed by atoms with van der Waals surface area (Å²) in [6, 6.07) is 5.56. The highest BCUT2D eigenvalue weighted by molar-refractivity contribution is 5.90. The molecular weight excluding hydrogens is 284 g/mol. The summed E-state index contributed by atoms with van der Waals surface area (Å²) >= 11 is 0. The lowest BCUT2D eigenvalue weighted by Crippen LogP contribution is -2.15. The van der Waals surface area contributed by atoms with Gasteiger partial charge in [0.15, 0.2) is 5.75 Å². The highest BCUT2D eigenvalue weighted by atomic mass is 16.6. The van der Waals surface area contributed by atoms with Crippen LogP contribution in [0.4, 0.5) is 5.69 Å². The second kappa shape index (κ2) is 6.98. The quantitative estimate of drug-likeness (QED) is 0.633. The molecule has 118 valence electrons. The van der Waals surface area contributed by atoms with Crippen LogP contribution in [-0.4, -0.2) is 24.6 Å². The van der Waals surface area contributed by atoms with Gasteiger partial charge in [0.2, 0.25) is 5.75 Å². The Morgan fingerprint density at radius 2 is 2.09 bits per heavy atom. The van der Waals surface area contributed by atoms with Crippen LogP contribution in [-0.2, 0) is 4.79 Å². The standard InChI is InChI=1S/C16H20N2O4/c1-4-5-8-17-11-6-7-12-13(9-11)18-16(20)15(14(12)21-3)22-10(2)19/h6-7,9,17H,4-5,8H2,1-3H3,(H,18,20). The Labute approximate surface area is 128 Å². The van der Waals surface area contributed by atoms with E-state index in [4.69, 9.17) is 9.47 Å². The van der Waals surface area contributed by atoms with E-state index in [1.807, 2.05) is 18.2 Å². The Morgan fingerprint density at radius 1 is 1.32 bits per heavy atom. The molecule has 0 aliphatic heterocycles. The fourth-order valence-corrected chi connectivity index (χ4v) is 2.21. The van der Waals surface area contributed by atoms with Crippen LogP contribution in [0.2, 0.25) is 0 Å². The lowest BCUT2D eigenvalue weighted by Gasteiger charge is -2.12. The number of benzene rings is 1. The zero-order chi connectivity index (χ0) is 16.1. The Kier molecular flexibility index (Phi) is 5.04. The zero-order valence-electron chi connectivity index (χ0n) is 13.0. The number of aromatic amines is 1. The maximum atomic E-state index is 12.1. The second-order valence-corrected chi connectivity index (χ2v) is 4.95. The number of carbonyl (C=O) groups excluding carboxylic acids is 1. The average Bonchev–Trinajstić information content (AvgIpc) is 2.48. The third kappa shape index (κ3) is 3.39. The number of methoxy groups -OCH3 is 1. The van der Waals surface area contributed by atoms with E-state index in [1.165, 1.54) is 14.0 Å². The third-order valence-electron chi connectivity index (χ3n) is 3.23. The fraction of sp³-hybridized carbons (Fsp3) is 0.375. The van der Waals surface area contributed by atoms with Gasteiger partial charge in [0, 0.05) is 24.5 Å². The van der Waals surface area contributed by atoms with Crippen LogP contribution in [0.3, 0.4) is 0 Å². The number of carbonyl (C=O) groups is 1. The summed E-state index contributed by atoms with van der Waals surface area (Å²) in [5.74, 6) is -0.427. The lowest BCUT2D eigenvalue weighted by molar-refractivity contribution is -0.132. The average molecular weight is 304 g/mol. The summed E-state index contributed by atoms with van der Waals surface area (Å²) in [7, 11) is 1.44. The third-order valence-corrected chi connectivity index (χ3v) is 3.23. The normalized spacial score (nSPS) is 10.5. The van der Waals surface area contributed by atoms with Crippen LogP contribution in [0.5, 0.6) is 11.5 Å². The maximum absolute atomic E-state index is 12.1. The summed E-state index contributed by atoms with van der Waals surface area (Å²) in [5.41, 5.74) is 1.04. The molecule has 0 saturated heterocycles. The number of H-pyrrole nitrogens is 1. The van der Waals surface area contributed by atoms with Gasteiger partial charge in [0.25, 0.3) is 5.56 Å².